The first-order valence-corrected chi connectivity index (χ1v) is 7.05. The summed E-state index contributed by atoms with van der Waals surface area (Å²) in [5.41, 5.74) is 0.316. The highest BCUT2D eigenvalue weighted by Crippen LogP contribution is 2.17. The summed E-state index contributed by atoms with van der Waals surface area (Å²) in [6, 6.07) is 3.03. The molecule has 22 heavy (non-hydrogen) atoms. The van der Waals surface area contributed by atoms with Crippen LogP contribution >= 0.6 is 0 Å². The number of halogens is 2. The zero-order chi connectivity index (χ0) is 16.7. The van der Waals surface area contributed by atoms with E-state index < -0.39 is 17.7 Å². The summed E-state index contributed by atoms with van der Waals surface area (Å²) in [7, 11) is 1.55. The minimum absolute atomic E-state index is 0.0521. The van der Waals surface area contributed by atoms with Crippen molar-refractivity contribution in [2.45, 2.75) is 32.9 Å². The van der Waals surface area contributed by atoms with Gasteiger partial charge in [0.2, 0.25) is 5.91 Å². The molecule has 5 nitrogen and oxygen atoms in total. The number of aliphatic imine (C=N–C) groups is 1. The molecule has 0 saturated heterocycles. The van der Waals surface area contributed by atoms with Crippen molar-refractivity contribution < 1.29 is 13.6 Å². The van der Waals surface area contributed by atoms with Crippen LogP contribution in [0.15, 0.2) is 23.2 Å². The molecule has 0 radical (unpaired) electrons. The first-order valence-electron chi connectivity index (χ1n) is 7.05. The number of guanidine groups is 1. The van der Waals surface area contributed by atoms with Crippen molar-refractivity contribution in [1.82, 2.24) is 16.0 Å². The van der Waals surface area contributed by atoms with E-state index in [0.717, 1.165) is 6.07 Å². The van der Waals surface area contributed by atoms with Crippen molar-refractivity contribution >= 4 is 11.9 Å². The average Bonchev–Trinajstić information content (AvgIpc) is 2.42. The van der Waals surface area contributed by atoms with Gasteiger partial charge < -0.3 is 16.0 Å². The van der Waals surface area contributed by atoms with Crippen LogP contribution in [0.4, 0.5) is 8.78 Å². The Morgan fingerprint density at radius 1 is 1.23 bits per heavy atom. The summed E-state index contributed by atoms with van der Waals surface area (Å²) in [5, 5.41) is 8.52. The molecule has 1 unspecified atom stereocenters. The Morgan fingerprint density at radius 3 is 2.45 bits per heavy atom. The van der Waals surface area contributed by atoms with Gasteiger partial charge in [0.15, 0.2) is 5.96 Å². The number of nitrogens with one attached hydrogen (secondary N) is 3. The predicted octanol–water partition coefficient (Wildman–Crippen LogP) is 1.72. The van der Waals surface area contributed by atoms with E-state index in [1.807, 2.05) is 13.8 Å². The number of benzene rings is 1. The quantitative estimate of drug-likeness (QED) is 0.573. The average molecular weight is 312 g/mol. The van der Waals surface area contributed by atoms with Crippen molar-refractivity contribution in [3.05, 3.63) is 35.4 Å². The Labute approximate surface area is 129 Å². The molecule has 7 heteroatoms. The van der Waals surface area contributed by atoms with Crippen LogP contribution in [-0.4, -0.2) is 31.5 Å². The van der Waals surface area contributed by atoms with Gasteiger partial charge in [0.1, 0.15) is 11.6 Å². The SMILES string of the molecule is CN=C(NCC(=O)NC(C)C)NC(C)c1ccc(F)cc1F. The maximum absolute atomic E-state index is 13.7. The van der Waals surface area contributed by atoms with Gasteiger partial charge in [-0.25, -0.2) is 8.78 Å². The minimum atomic E-state index is -0.631. The fourth-order valence-electron chi connectivity index (χ4n) is 1.87. The van der Waals surface area contributed by atoms with Gasteiger partial charge in [0.05, 0.1) is 12.6 Å². The zero-order valence-corrected chi connectivity index (χ0v) is 13.2. The highest BCUT2D eigenvalue weighted by Gasteiger charge is 2.13. The first kappa shape index (κ1) is 17.9. The standard InChI is InChI=1S/C15H22F2N4O/c1-9(2)20-14(22)8-19-15(18-4)21-10(3)12-6-5-11(16)7-13(12)17/h5-7,9-10H,8H2,1-4H3,(H,20,22)(H2,18,19,21). The van der Waals surface area contributed by atoms with Crippen molar-refractivity contribution in [1.29, 1.82) is 0 Å². The van der Waals surface area contributed by atoms with Gasteiger partial charge in [-0.05, 0) is 26.8 Å². The van der Waals surface area contributed by atoms with Crippen LogP contribution < -0.4 is 16.0 Å². The molecule has 122 valence electrons. The van der Waals surface area contributed by atoms with Crippen LogP contribution in [0.5, 0.6) is 0 Å². The number of rotatable bonds is 5. The maximum Gasteiger partial charge on any atom is 0.239 e. The molecule has 0 aliphatic heterocycles. The molecule has 3 N–H and O–H groups in total. The molecule has 1 aromatic rings. The molecular formula is C15H22F2N4O. The Kier molecular flexibility index (Phi) is 6.75. The summed E-state index contributed by atoms with van der Waals surface area (Å²) in [6.07, 6.45) is 0. The molecule has 1 rings (SSSR count). The van der Waals surface area contributed by atoms with Crippen LogP contribution in [0, 0.1) is 11.6 Å². The molecule has 0 bridgehead atoms. The van der Waals surface area contributed by atoms with Crippen molar-refractivity contribution in [2.24, 2.45) is 4.99 Å². The van der Waals surface area contributed by atoms with Crippen molar-refractivity contribution in [3.8, 4) is 0 Å². The lowest BCUT2D eigenvalue weighted by Gasteiger charge is -2.19. The molecule has 0 saturated carbocycles. The van der Waals surface area contributed by atoms with Crippen LogP contribution in [-0.2, 0) is 4.79 Å². The van der Waals surface area contributed by atoms with E-state index in [0.29, 0.717) is 11.5 Å². The Bertz CT molecular complexity index is 546. The smallest absolute Gasteiger partial charge is 0.239 e. The number of amides is 1. The third-order valence-corrected chi connectivity index (χ3v) is 2.87. The number of carbonyl (C=O) groups excluding carboxylic acids is 1. The van der Waals surface area contributed by atoms with Gasteiger partial charge in [0.25, 0.3) is 0 Å². The van der Waals surface area contributed by atoms with Gasteiger partial charge in [-0.1, -0.05) is 6.07 Å². The Balaban J connectivity index is 2.60. The highest BCUT2D eigenvalue weighted by molar-refractivity contribution is 5.86. The van der Waals surface area contributed by atoms with Crippen molar-refractivity contribution in [3.63, 3.8) is 0 Å². The summed E-state index contributed by atoms with van der Waals surface area (Å²) >= 11 is 0. The number of hydrogen-bond acceptors (Lipinski definition) is 2. The van der Waals surface area contributed by atoms with Crippen LogP contribution in [0.25, 0.3) is 0 Å². The zero-order valence-electron chi connectivity index (χ0n) is 13.2. The molecule has 0 aliphatic rings. The molecule has 1 amide bonds. The lowest BCUT2D eigenvalue weighted by molar-refractivity contribution is -0.120. The normalized spacial score (nSPS) is 13.0. The van der Waals surface area contributed by atoms with E-state index in [-0.39, 0.29) is 18.5 Å². The fourth-order valence-corrected chi connectivity index (χ4v) is 1.87. The predicted molar refractivity (Wildman–Crippen MR) is 82.5 cm³/mol. The van der Waals surface area contributed by atoms with Crippen LogP contribution in [0.3, 0.4) is 0 Å². The fraction of sp³-hybridized carbons (Fsp3) is 0.467. The molecule has 0 aliphatic carbocycles. The second-order valence-corrected chi connectivity index (χ2v) is 5.18. The largest absolute Gasteiger partial charge is 0.352 e. The summed E-state index contributed by atoms with van der Waals surface area (Å²) in [5.74, 6) is -1.07. The molecule has 0 heterocycles. The van der Waals surface area contributed by atoms with E-state index >= 15 is 0 Å². The second-order valence-electron chi connectivity index (χ2n) is 5.18. The summed E-state index contributed by atoms with van der Waals surface area (Å²) < 4.78 is 26.6. The van der Waals surface area contributed by atoms with Gasteiger partial charge in [-0.15, -0.1) is 0 Å². The van der Waals surface area contributed by atoms with Crippen LogP contribution in [0.1, 0.15) is 32.4 Å². The van der Waals surface area contributed by atoms with Gasteiger partial charge >= 0.3 is 0 Å². The van der Waals surface area contributed by atoms with Crippen LogP contribution in [0.2, 0.25) is 0 Å². The van der Waals surface area contributed by atoms with E-state index in [2.05, 4.69) is 20.9 Å². The molecular weight excluding hydrogens is 290 g/mol. The number of nitrogens with zero attached hydrogens (tertiary/aromatic N) is 1. The molecule has 1 aromatic carbocycles. The van der Waals surface area contributed by atoms with Crippen molar-refractivity contribution in [2.75, 3.05) is 13.6 Å². The number of carbonyl (C=O) groups is 1. The second kappa shape index (κ2) is 8.31. The lowest BCUT2D eigenvalue weighted by atomic mass is 10.1. The highest BCUT2D eigenvalue weighted by atomic mass is 19.1. The molecule has 0 spiro atoms. The Morgan fingerprint density at radius 2 is 1.91 bits per heavy atom. The molecule has 0 aromatic heterocycles. The lowest BCUT2D eigenvalue weighted by Crippen LogP contribution is -2.45. The minimum Gasteiger partial charge on any atom is -0.352 e. The van der Waals surface area contributed by atoms with E-state index in [4.69, 9.17) is 0 Å². The third kappa shape index (κ3) is 5.67. The molecule has 0 fully saturated rings. The van der Waals surface area contributed by atoms with E-state index in [1.54, 1.807) is 14.0 Å². The van der Waals surface area contributed by atoms with Gasteiger partial charge in [0, 0.05) is 24.7 Å². The molecule has 1 atom stereocenters. The Hall–Kier alpha value is -2.18. The third-order valence-electron chi connectivity index (χ3n) is 2.87. The van der Waals surface area contributed by atoms with Gasteiger partial charge in [-0.2, -0.15) is 0 Å². The maximum atomic E-state index is 13.7. The monoisotopic (exact) mass is 312 g/mol. The number of hydrogen-bond donors (Lipinski definition) is 3. The summed E-state index contributed by atoms with van der Waals surface area (Å²) in [4.78, 5) is 15.5. The first-order chi connectivity index (χ1) is 10.3. The van der Waals surface area contributed by atoms with Gasteiger partial charge in [-0.3, -0.25) is 9.79 Å². The van der Waals surface area contributed by atoms with E-state index in [1.165, 1.54) is 12.1 Å². The summed E-state index contributed by atoms with van der Waals surface area (Å²) in [6.45, 7) is 5.50. The van der Waals surface area contributed by atoms with E-state index in [9.17, 15) is 13.6 Å². The topological polar surface area (TPSA) is 65.5 Å².